The van der Waals surface area contributed by atoms with Crippen molar-refractivity contribution in [2.45, 2.75) is 49.9 Å². The Morgan fingerprint density at radius 3 is 2.69 bits per heavy atom. The summed E-state index contributed by atoms with van der Waals surface area (Å²) in [6, 6.07) is 15.6. The molecule has 2 fully saturated rings. The third-order valence-electron chi connectivity index (χ3n) is 8.11. The summed E-state index contributed by atoms with van der Waals surface area (Å²) >= 11 is 3.61. The number of amides is 1. The van der Waals surface area contributed by atoms with Gasteiger partial charge in [-0.05, 0) is 77.2 Å². The molecule has 202 valence electrons. The first-order valence-electron chi connectivity index (χ1n) is 13.0. The highest BCUT2D eigenvalue weighted by atomic mass is 79.9. The van der Waals surface area contributed by atoms with Gasteiger partial charge in [-0.2, -0.15) is 0 Å². The molecular formula is C29H27BrFN3O5. The molecular weight excluding hydrogens is 569 g/mol. The van der Waals surface area contributed by atoms with E-state index in [9.17, 15) is 19.3 Å². The minimum Gasteiger partial charge on any atom is -0.490 e. The first-order chi connectivity index (χ1) is 18.9. The van der Waals surface area contributed by atoms with Gasteiger partial charge in [0.2, 0.25) is 0 Å². The van der Waals surface area contributed by atoms with E-state index in [0.29, 0.717) is 45.9 Å². The van der Waals surface area contributed by atoms with E-state index in [2.05, 4.69) is 26.1 Å². The number of anilines is 1. The van der Waals surface area contributed by atoms with Gasteiger partial charge in [-0.3, -0.25) is 19.8 Å². The lowest BCUT2D eigenvalue weighted by Gasteiger charge is -2.32. The Morgan fingerprint density at radius 1 is 1.18 bits per heavy atom. The summed E-state index contributed by atoms with van der Waals surface area (Å²) in [6.45, 7) is 3.01. The summed E-state index contributed by atoms with van der Waals surface area (Å²) < 4.78 is 25.9. The standard InChI is InChI=1S/C29H27BrFN3O5/c1-2-38-24-15-18(14-21(30)26(24)39-16-17-9-11-19(31)12-10-17)25-23-8-5-13-33(23)29(27(25)34(36)37)20-6-3-4-7-22(20)32-28(29)35/h3-4,6-7,9-12,14-15,23,25,27H,2,5,8,13,16H2,1H3,(H,32,35)/t23-,25+,27-,29-/m0/s1. The van der Waals surface area contributed by atoms with E-state index in [4.69, 9.17) is 9.47 Å². The molecule has 3 aliphatic rings. The summed E-state index contributed by atoms with van der Waals surface area (Å²) in [4.78, 5) is 28.3. The summed E-state index contributed by atoms with van der Waals surface area (Å²) in [5.41, 5.74) is 1.40. The molecule has 3 heterocycles. The van der Waals surface area contributed by atoms with Crippen molar-refractivity contribution in [2.75, 3.05) is 18.5 Å². The Balaban J connectivity index is 1.43. The summed E-state index contributed by atoms with van der Waals surface area (Å²) in [7, 11) is 0. The maximum absolute atomic E-state index is 13.7. The van der Waals surface area contributed by atoms with E-state index in [1.807, 2.05) is 37.3 Å². The Hall–Kier alpha value is -3.50. The molecule has 0 aliphatic carbocycles. The van der Waals surface area contributed by atoms with Crippen molar-refractivity contribution in [1.82, 2.24) is 4.90 Å². The topological polar surface area (TPSA) is 93.9 Å². The fourth-order valence-electron chi connectivity index (χ4n) is 6.69. The predicted molar refractivity (Wildman–Crippen MR) is 146 cm³/mol. The summed E-state index contributed by atoms with van der Waals surface area (Å²) in [5.74, 6) is -0.312. The molecule has 0 bridgehead atoms. The maximum atomic E-state index is 13.7. The highest BCUT2D eigenvalue weighted by Gasteiger charge is 2.73. The van der Waals surface area contributed by atoms with Crippen LogP contribution in [0.3, 0.4) is 0 Å². The van der Waals surface area contributed by atoms with Crippen LogP contribution in [0.15, 0.2) is 65.1 Å². The van der Waals surface area contributed by atoms with Gasteiger partial charge in [0, 0.05) is 28.8 Å². The lowest BCUT2D eigenvalue weighted by atomic mass is 9.77. The van der Waals surface area contributed by atoms with E-state index in [0.717, 1.165) is 18.4 Å². The van der Waals surface area contributed by atoms with Crippen LogP contribution in [0.4, 0.5) is 10.1 Å². The van der Waals surface area contributed by atoms with Crippen molar-refractivity contribution in [2.24, 2.45) is 0 Å². The Kier molecular flexibility index (Phi) is 6.55. The number of halogens is 2. The van der Waals surface area contributed by atoms with Crippen molar-refractivity contribution in [3.63, 3.8) is 0 Å². The average molecular weight is 596 g/mol. The largest absolute Gasteiger partial charge is 0.490 e. The van der Waals surface area contributed by atoms with Crippen LogP contribution in [0.1, 0.15) is 42.4 Å². The van der Waals surface area contributed by atoms with Crippen LogP contribution in [-0.2, 0) is 16.9 Å². The van der Waals surface area contributed by atoms with E-state index in [1.165, 1.54) is 12.1 Å². The van der Waals surface area contributed by atoms with Crippen molar-refractivity contribution in [1.29, 1.82) is 0 Å². The smallest absolute Gasteiger partial charge is 0.256 e. The van der Waals surface area contributed by atoms with E-state index < -0.39 is 17.5 Å². The van der Waals surface area contributed by atoms with E-state index >= 15 is 0 Å². The first kappa shape index (κ1) is 25.8. The van der Waals surface area contributed by atoms with Crippen LogP contribution in [0.5, 0.6) is 11.5 Å². The number of fused-ring (bicyclic) bond motifs is 4. The third kappa shape index (κ3) is 4.00. The van der Waals surface area contributed by atoms with E-state index in [-0.39, 0.29) is 29.3 Å². The second-order valence-corrected chi connectivity index (χ2v) is 11.0. The number of nitro groups is 1. The molecule has 3 aromatic carbocycles. The highest BCUT2D eigenvalue weighted by Crippen LogP contribution is 2.58. The number of para-hydroxylation sites is 1. The van der Waals surface area contributed by atoms with Gasteiger partial charge < -0.3 is 14.8 Å². The molecule has 1 spiro atoms. The average Bonchev–Trinajstić information content (AvgIpc) is 3.57. The number of carbonyl (C=O) groups is 1. The van der Waals surface area contributed by atoms with E-state index in [1.54, 1.807) is 18.2 Å². The van der Waals surface area contributed by atoms with Gasteiger partial charge in [-0.15, -0.1) is 0 Å². The number of ether oxygens (including phenoxy) is 2. The molecule has 0 aromatic heterocycles. The van der Waals surface area contributed by atoms with Gasteiger partial charge in [-0.1, -0.05) is 30.3 Å². The molecule has 1 N–H and O–H groups in total. The number of rotatable bonds is 7. The maximum Gasteiger partial charge on any atom is 0.256 e. The first-order valence-corrected chi connectivity index (χ1v) is 13.8. The van der Waals surface area contributed by atoms with Crippen molar-refractivity contribution >= 4 is 27.5 Å². The Labute approximate surface area is 233 Å². The fourth-order valence-corrected chi connectivity index (χ4v) is 7.27. The Bertz CT molecular complexity index is 1450. The molecule has 4 atom stereocenters. The third-order valence-corrected chi connectivity index (χ3v) is 8.70. The number of nitrogens with one attached hydrogen (secondary N) is 1. The molecule has 1 amide bonds. The number of hydrogen-bond donors (Lipinski definition) is 1. The van der Waals surface area contributed by atoms with Crippen molar-refractivity contribution in [3.05, 3.63) is 97.8 Å². The predicted octanol–water partition coefficient (Wildman–Crippen LogP) is 5.62. The molecule has 2 saturated heterocycles. The van der Waals surface area contributed by atoms with Gasteiger partial charge in [0.1, 0.15) is 12.4 Å². The second-order valence-electron chi connectivity index (χ2n) is 10.1. The Morgan fingerprint density at radius 2 is 1.95 bits per heavy atom. The van der Waals surface area contributed by atoms with Crippen LogP contribution < -0.4 is 14.8 Å². The SMILES string of the molecule is CCOc1cc([C@H]2[C@H]([N+](=O)[O-])[C@@]3(C(=O)Nc4ccccc43)N3CCC[C@@H]23)cc(Br)c1OCc1ccc(F)cc1. The van der Waals surface area contributed by atoms with Crippen molar-refractivity contribution in [3.8, 4) is 11.5 Å². The van der Waals surface area contributed by atoms with Crippen molar-refractivity contribution < 1.29 is 23.6 Å². The molecule has 3 aromatic rings. The molecule has 0 unspecified atom stereocenters. The van der Waals surface area contributed by atoms with Crippen LogP contribution in [0, 0.1) is 15.9 Å². The van der Waals surface area contributed by atoms with Gasteiger partial charge >= 0.3 is 0 Å². The summed E-state index contributed by atoms with van der Waals surface area (Å²) in [6.07, 6.45) is 1.59. The van der Waals surface area contributed by atoms with Crippen LogP contribution in [-0.4, -0.2) is 41.0 Å². The lowest BCUT2D eigenvalue weighted by molar-refractivity contribution is -0.534. The molecule has 6 rings (SSSR count). The van der Waals surface area contributed by atoms with Gasteiger partial charge in [0.15, 0.2) is 17.0 Å². The minimum atomic E-state index is -1.39. The monoisotopic (exact) mass is 595 g/mol. The van der Waals surface area contributed by atoms with Crippen LogP contribution in [0.2, 0.25) is 0 Å². The summed E-state index contributed by atoms with van der Waals surface area (Å²) in [5, 5.41) is 15.8. The fraction of sp³-hybridized carbons (Fsp3) is 0.345. The molecule has 39 heavy (non-hydrogen) atoms. The lowest BCUT2D eigenvalue weighted by Crippen LogP contribution is -2.55. The number of nitrogens with zero attached hydrogens (tertiary/aromatic N) is 2. The highest BCUT2D eigenvalue weighted by molar-refractivity contribution is 9.10. The molecule has 0 saturated carbocycles. The molecule has 10 heteroatoms. The van der Waals surface area contributed by atoms with Gasteiger partial charge in [0.25, 0.3) is 11.9 Å². The second kappa shape index (κ2) is 9.91. The number of benzene rings is 3. The normalized spacial score (nSPS) is 25.4. The van der Waals surface area contributed by atoms with Gasteiger partial charge in [0.05, 0.1) is 17.0 Å². The molecule has 3 aliphatic heterocycles. The zero-order valence-electron chi connectivity index (χ0n) is 21.2. The number of carbonyl (C=O) groups excluding carboxylic acids is 1. The zero-order chi connectivity index (χ0) is 27.3. The molecule has 0 radical (unpaired) electrons. The van der Waals surface area contributed by atoms with Crippen LogP contribution >= 0.6 is 15.9 Å². The minimum absolute atomic E-state index is 0.190. The zero-order valence-corrected chi connectivity index (χ0v) is 22.8. The van der Waals surface area contributed by atoms with Gasteiger partial charge in [-0.25, -0.2) is 4.39 Å². The number of hydrogen-bond acceptors (Lipinski definition) is 6. The van der Waals surface area contributed by atoms with Crippen LogP contribution in [0.25, 0.3) is 0 Å². The molecule has 8 nitrogen and oxygen atoms in total. The quantitative estimate of drug-likeness (QED) is 0.281.